The summed E-state index contributed by atoms with van der Waals surface area (Å²) in [5, 5.41) is 0. The maximum atomic E-state index is 11.5. The van der Waals surface area contributed by atoms with Gasteiger partial charge in [0.1, 0.15) is 0 Å². The van der Waals surface area contributed by atoms with Crippen molar-refractivity contribution in [2.24, 2.45) is 0 Å². The maximum Gasteiger partial charge on any atom is 0.389 e. The fourth-order valence-corrected chi connectivity index (χ4v) is 0.674. The van der Waals surface area contributed by atoms with Crippen LogP contribution in [-0.4, -0.2) is 6.18 Å². The van der Waals surface area contributed by atoms with Gasteiger partial charge in [0.2, 0.25) is 0 Å². The Bertz CT molecular complexity index is 75.4. The molecule has 0 aliphatic rings. The van der Waals surface area contributed by atoms with Crippen molar-refractivity contribution in [2.75, 3.05) is 0 Å². The third kappa shape index (κ3) is 7.79. The van der Waals surface area contributed by atoms with Gasteiger partial charge in [0, 0.05) is 6.42 Å². The van der Waals surface area contributed by atoms with Gasteiger partial charge in [-0.3, -0.25) is 0 Å². The molecule has 0 aromatic heterocycles. The van der Waals surface area contributed by atoms with E-state index in [-0.39, 0.29) is 6.42 Å². The lowest BCUT2D eigenvalue weighted by Gasteiger charge is -2.03. The monoisotopic (exact) mass is 153 g/mol. The van der Waals surface area contributed by atoms with Crippen LogP contribution in [0.5, 0.6) is 0 Å². The summed E-state index contributed by atoms with van der Waals surface area (Å²) < 4.78 is 34.4. The van der Waals surface area contributed by atoms with E-state index in [1.807, 2.05) is 13.3 Å². The molecule has 0 saturated carbocycles. The van der Waals surface area contributed by atoms with Crippen molar-refractivity contribution >= 4 is 0 Å². The van der Waals surface area contributed by atoms with Crippen LogP contribution in [0.15, 0.2) is 0 Å². The van der Waals surface area contributed by atoms with Crippen LogP contribution in [0.2, 0.25) is 0 Å². The second kappa shape index (κ2) is 4.58. The highest BCUT2D eigenvalue weighted by Crippen LogP contribution is 2.22. The average Bonchev–Trinajstić information content (AvgIpc) is 1.78. The van der Waals surface area contributed by atoms with Gasteiger partial charge >= 0.3 is 6.18 Å². The maximum absolute atomic E-state index is 11.5. The summed E-state index contributed by atoms with van der Waals surface area (Å²) in [7, 11) is 0. The van der Waals surface area contributed by atoms with Crippen molar-refractivity contribution in [3.63, 3.8) is 0 Å². The van der Waals surface area contributed by atoms with E-state index in [4.69, 9.17) is 0 Å². The van der Waals surface area contributed by atoms with Crippen LogP contribution >= 0.6 is 0 Å². The minimum absolute atomic E-state index is 0.258. The molecule has 1 radical (unpaired) electrons. The highest BCUT2D eigenvalue weighted by Gasteiger charge is 2.25. The first-order valence-electron chi connectivity index (χ1n) is 3.41. The largest absolute Gasteiger partial charge is 0.389 e. The number of hydrogen-bond donors (Lipinski definition) is 0. The highest BCUT2D eigenvalue weighted by molar-refractivity contribution is 4.57. The molecule has 0 fully saturated rings. The van der Waals surface area contributed by atoms with E-state index in [1.54, 1.807) is 0 Å². The van der Waals surface area contributed by atoms with Gasteiger partial charge in [-0.05, 0) is 12.8 Å². The molecule has 0 saturated heterocycles. The van der Waals surface area contributed by atoms with Crippen LogP contribution in [0.25, 0.3) is 0 Å². The molecular weight excluding hydrogens is 141 g/mol. The highest BCUT2D eigenvalue weighted by atomic mass is 19.4. The quantitative estimate of drug-likeness (QED) is 0.543. The van der Waals surface area contributed by atoms with E-state index >= 15 is 0 Å². The van der Waals surface area contributed by atoms with Gasteiger partial charge in [-0.1, -0.05) is 19.8 Å². The predicted molar refractivity (Wildman–Crippen MR) is 34.5 cm³/mol. The minimum Gasteiger partial charge on any atom is -0.171 e. The van der Waals surface area contributed by atoms with Gasteiger partial charge in [-0.15, -0.1) is 0 Å². The van der Waals surface area contributed by atoms with Crippen molar-refractivity contribution in [2.45, 2.75) is 38.8 Å². The summed E-state index contributed by atoms with van der Waals surface area (Å²) in [5.41, 5.74) is 0. The third-order valence-corrected chi connectivity index (χ3v) is 1.20. The Hall–Kier alpha value is -0.210. The van der Waals surface area contributed by atoms with Crippen LogP contribution in [0, 0.1) is 6.42 Å². The zero-order chi connectivity index (χ0) is 8.04. The topological polar surface area (TPSA) is 0 Å². The Labute approximate surface area is 59.4 Å². The molecule has 0 N–H and O–H groups in total. The number of rotatable bonds is 4. The fourth-order valence-electron chi connectivity index (χ4n) is 0.674. The van der Waals surface area contributed by atoms with Gasteiger partial charge in [-0.25, -0.2) is 0 Å². The van der Waals surface area contributed by atoms with E-state index in [0.29, 0.717) is 6.42 Å². The molecule has 0 aliphatic carbocycles. The first-order valence-corrected chi connectivity index (χ1v) is 3.41. The van der Waals surface area contributed by atoms with Gasteiger partial charge in [0.15, 0.2) is 0 Å². The van der Waals surface area contributed by atoms with Gasteiger partial charge in [0.25, 0.3) is 0 Å². The first-order chi connectivity index (χ1) is 4.56. The van der Waals surface area contributed by atoms with Crippen LogP contribution < -0.4 is 0 Å². The predicted octanol–water partition coefficient (Wildman–Crippen LogP) is 3.33. The SMILES string of the molecule is C[CH]CCCCC(F)(F)F. The van der Waals surface area contributed by atoms with Crippen molar-refractivity contribution in [3.05, 3.63) is 6.42 Å². The lowest BCUT2D eigenvalue weighted by molar-refractivity contribution is -0.135. The van der Waals surface area contributed by atoms with E-state index in [9.17, 15) is 13.2 Å². The summed E-state index contributed by atoms with van der Waals surface area (Å²) in [6.07, 6.45) is -1.02. The number of alkyl halides is 3. The summed E-state index contributed by atoms with van der Waals surface area (Å²) in [5.74, 6) is 0. The smallest absolute Gasteiger partial charge is 0.171 e. The normalized spacial score (nSPS) is 12.0. The molecule has 0 unspecified atom stereocenters. The van der Waals surface area contributed by atoms with Crippen molar-refractivity contribution in [3.8, 4) is 0 Å². The molecule has 0 rings (SSSR count). The van der Waals surface area contributed by atoms with Crippen molar-refractivity contribution in [1.29, 1.82) is 0 Å². The molecule has 0 aromatic carbocycles. The Balaban J connectivity index is 3.04. The average molecular weight is 153 g/mol. The first kappa shape index (κ1) is 9.79. The van der Waals surface area contributed by atoms with Gasteiger partial charge in [0.05, 0.1) is 0 Å². The molecule has 0 heterocycles. The van der Waals surface area contributed by atoms with Crippen molar-refractivity contribution < 1.29 is 13.2 Å². The molecule has 0 aliphatic heterocycles. The number of halogens is 3. The van der Waals surface area contributed by atoms with Crippen LogP contribution in [-0.2, 0) is 0 Å². The third-order valence-electron chi connectivity index (χ3n) is 1.20. The summed E-state index contributed by atoms with van der Waals surface area (Å²) in [6, 6.07) is 0. The van der Waals surface area contributed by atoms with Gasteiger partial charge < -0.3 is 0 Å². The second-order valence-corrected chi connectivity index (χ2v) is 2.27. The summed E-state index contributed by atoms with van der Waals surface area (Å²) >= 11 is 0. The van der Waals surface area contributed by atoms with Crippen molar-refractivity contribution in [1.82, 2.24) is 0 Å². The lowest BCUT2D eigenvalue weighted by atomic mass is 10.1. The van der Waals surface area contributed by atoms with Crippen LogP contribution in [0.3, 0.4) is 0 Å². The molecular formula is C7H12F3. The fraction of sp³-hybridized carbons (Fsp3) is 0.857. The Morgan fingerprint density at radius 3 is 2.20 bits per heavy atom. The lowest BCUT2D eigenvalue weighted by Crippen LogP contribution is -2.06. The van der Waals surface area contributed by atoms with Gasteiger partial charge in [-0.2, -0.15) is 13.2 Å². The minimum atomic E-state index is -3.96. The molecule has 10 heavy (non-hydrogen) atoms. The van der Waals surface area contributed by atoms with E-state index in [1.165, 1.54) is 0 Å². The molecule has 0 amide bonds. The van der Waals surface area contributed by atoms with E-state index < -0.39 is 12.6 Å². The Morgan fingerprint density at radius 1 is 1.20 bits per heavy atom. The molecule has 61 valence electrons. The van der Waals surface area contributed by atoms with E-state index in [0.717, 1.165) is 6.42 Å². The van der Waals surface area contributed by atoms with Crippen LogP contribution in [0.1, 0.15) is 32.6 Å². The van der Waals surface area contributed by atoms with Crippen LogP contribution in [0.4, 0.5) is 13.2 Å². The second-order valence-electron chi connectivity index (χ2n) is 2.27. The standard InChI is InChI=1S/C7H12F3/c1-2-3-4-5-6-7(8,9)10/h2H,3-6H2,1H3. The Kier molecular flexibility index (Phi) is 4.49. The zero-order valence-corrected chi connectivity index (χ0v) is 6.04. The molecule has 0 spiro atoms. The molecule has 0 aromatic rings. The summed E-state index contributed by atoms with van der Waals surface area (Å²) in [6.45, 7) is 1.85. The molecule has 3 heteroatoms. The van der Waals surface area contributed by atoms with E-state index in [2.05, 4.69) is 0 Å². The zero-order valence-electron chi connectivity index (χ0n) is 6.04. The summed E-state index contributed by atoms with van der Waals surface area (Å²) in [4.78, 5) is 0. The molecule has 0 atom stereocenters. The molecule has 0 bridgehead atoms. The molecule has 0 nitrogen and oxygen atoms in total. The Morgan fingerprint density at radius 2 is 1.80 bits per heavy atom. The number of hydrogen-bond acceptors (Lipinski definition) is 0. The number of unbranched alkanes of at least 4 members (excludes halogenated alkanes) is 3.